The van der Waals surface area contributed by atoms with E-state index in [9.17, 15) is 9.90 Å². The molecule has 3 unspecified atom stereocenters. The predicted octanol–water partition coefficient (Wildman–Crippen LogP) is 6.22. The predicted molar refractivity (Wildman–Crippen MR) is 133 cm³/mol. The summed E-state index contributed by atoms with van der Waals surface area (Å²) in [5.41, 5.74) is -0.837. The standard InChI is InChI=1S/C27H50O4Si/c1-18-11-13-27-14-12-20(30-8)22(27)26(18,7)21(28)17-25(6,23(29)19(27)2)15-16-31-32(9,10)24(3,4)5/h18-22,28H,11-17H2,1-10H3/t18-,19+,20?,21-,22?,25-,26+,27?/m1/s1. The van der Waals surface area contributed by atoms with Crippen LogP contribution in [0.1, 0.15) is 87.0 Å². The van der Waals surface area contributed by atoms with E-state index < -0.39 is 19.8 Å². The third-order valence-corrected chi connectivity index (χ3v) is 15.6. The molecule has 0 aromatic rings. The van der Waals surface area contributed by atoms with Gasteiger partial charge in [-0.15, -0.1) is 0 Å². The second-order valence-electron chi connectivity index (χ2n) is 13.6. The van der Waals surface area contributed by atoms with E-state index in [1.807, 2.05) is 7.11 Å². The Morgan fingerprint density at radius 3 is 2.28 bits per heavy atom. The minimum Gasteiger partial charge on any atom is -0.417 e. The van der Waals surface area contributed by atoms with Crippen LogP contribution in [0, 0.1) is 34.0 Å². The summed E-state index contributed by atoms with van der Waals surface area (Å²) in [6.07, 6.45) is 5.05. The van der Waals surface area contributed by atoms with Gasteiger partial charge in [0.25, 0.3) is 0 Å². The van der Waals surface area contributed by atoms with Crippen molar-refractivity contribution in [3.8, 4) is 0 Å². The summed E-state index contributed by atoms with van der Waals surface area (Å²) in [5, 5.41) is 12.0. The van der Waals surface area contributed by atoms with Gasteiger partial charge < -0.3 is 14.3 Å². The number of hydrogen-bond acceptors (Lipinski definition) is 4. The fourth-order valence-electron chi connectivity index (χ4n) is 7.50. The molecule has 5 heteroatoms. The molecule has 8 atom stereocenters. The molecule has 3 rings (SSSR count). The quantitative estimate of drug-likeness (QED) is 0.489. The molecule has 0 aromatic carbocycles. The van der Waals surface area contributed by atoms with Crippen LogP contribution in [-0.4, -0.2) is 45.1 Å². The highest BCUT2D eigenvalue weighted by atomic mass is 28.4. The molecule has 2 bridgehead atoms. The molecule has 3 saturated carbocycles. The number of ether oxygens (including phenoxy) is 1. The highest BCUT2D eigenvalue weighted by Crippen LogP contribution is 2.68. The lowest BCUT2D eigenvalue weighted by atomic mass is 9.44. The molecule has 4 nitrogen and oxygen atoms in total. The second-order valence-corrected chi connectivity index (χ2v) is 18.4. The van der Waals surface area contributed by atoms with E-state index in [0.29, 0.717) is 31.1 Å². The van der Waals surface area contributed by atoms with Crippen LogP contribution >= 0.6 is 0 Å². The topological polar surface area (TPSA) is 55.8 Å². The molecule has 32 heavy (non-hydrogen) atoms. The molecule has 3 fully saturated rings. The molecule has 3 aliphatic carbocycles. The first kappa shape index (κ1) is 26.4. The Hall–Kier alpha value is -0.233. The Kier molecular flexibility index (Phi) is 6.97. The second kappa shape index (κ2) is 8.46. The SMILES string of the molecule is COC1CCC23CC[C@@H](C)[C@](C)(C12)[C@H](O)C[C@@](C)(CCO[Si](C)(C)C(C)(C)C)C(=O)[C@@H]3C. The van der Waals surface area contributed by atoms with Crippen LogP contribution in [0.25, 0.3) is 0 Å². The molecule has 0 aliphatic heterocycles. The summed E-state index contributed by atoms with van der Waals surface area (Å²) in [6, 6.07) is 0. The average Bonchev–Trinajstić information content (AvgIpc) is 3.08. The minimum absolute atomic E-state index is 0.00940. The van der Waals surface area contributed by atoms with E-state index in [2.05, 4.69) is 61.6 Å². The summed E-state index contributed by atoms with van der Waals surface area (Å²) in [4.78, 5) is 14.1. The maximum Gasteiger partial charge on any atom is 0.191 e. The molecule has 0 heterocycles. The molecule has 186 valence electrons. The molecular formula is C27H50O4Si. The van der Waals surface area contributed by atoms with Crippen molar-refractivity contribution < 1.29 is 19.1 Å². The van der Waals surface area contributed by atoms with Crippen LogP contribution in [0.2, 0.25) is 18.1 Å². The van der Waals surface area contributed by atoms with Crippen molar-refractivity contribution >= 4 is 14.1 Å². The van der Waals surface area contributed by atoms with Crippen LogP contribution in [0.4, 0.5) is 0 Å². The van der Waals surface area contributed by atoms with E-state index in [-0.39, 0.29) is 33.8 Å². The smallest absolute Gasteiger partial charge is 0.191 e. The van der Waals surface area contributed by atoms with E-state index >= 15 is 0 Å². The van der Waals surface area contributed by atoms with Crippen molar-refractivity contribution in [2.24, 2.45) is 34.0 Å². The van der Waals surface area contributed by atoms with Crippen molar-refractivity contribution in [3.63, 3.8) is 0 Å². The van der Waals surface area contributed by atoms with Crippen molar-refractivity contribution in [1.82, 2.24) is 0 Å². The molecule has 0 aromatic heterocycles. The van der Waals surface area contributed by atoms with Gasteiger partial charge in [-0.05, 0) is 73.9 Å². The first-order chi connectivity index (χ1) is 14.6. The fraction of sp³-hybridized carbons (Fsp3) is 0.963. The van der Waals surface area contributed by atoms with Gasteiger partial charge >= 0.3 is 0 Å². The number of rotatable bonds is 5. The Labute approximate surface area is 198 Å². The number of hydrogen-bond donors (Lipinski definition) is 1. The molecule has 0 saturated heterocycles. The van der Waals surface area contributed by atoms with Gasteiger partial charge in [0.2, 0.25) is 0 Å². The molecule has 0 amide bonds. The number of aliphatic hydroxyl groups excluding tert-OH is 1. The molecule has 0 radical (unpaired) electrons. The third-order valence-electron chi connectivity index (χ3n) is 11.1. The lowest BCUT2D eigenvalue weighted by Gasteiger charge is -2.61. The maximum absolute atomic E-state index is 14.1. The lowest BCUT2D eigenvalue weighted by molar-refractivity contribution is -0.192. The fourth-order valence-corrected chi connectivity index (χ4v) is 8.55. The average molecular weight is 467 g/mol. The van der Waals surface area contributed by atoms with Gasteiger partial charge in [-0.25, -0.2) is 0 Å². The van der Waals surface area contributed by atoms with Gasteiger partial charge in [0.1, 0.15) is 5.78 Å². The lowest BCUT2D eigenvalue weighted by Crippen LogP contribution is -2.62. The van der Waals surface area contributed by atoms with Crippen LogP contribution in [0.15, 0.2) is 0 Å². The monoisotopic (exact) mass is 466 g/mol. The Balaban J connectivity index is 1.95. The van der Waals surface area contributed by atoms with Gasteiger partial charge in [-0.3, -0.25) is 4.79 Å². The molecular weight excluding hydrogens is 416 g/mol. The van der Waals surface area contributed by atoms with Gasteiger partial charge in [0.15, 0.2) is 8.32 Å². The van der Waals surface area contributed by atoms with Crippen molar-refractivity contribution in [2.75, 3.05) is 13.7 Å². The largest absolute Gasteiger partial charge is 0.417 e. The molecule has 0 spiro atoms. The Morgan fingerprint density at radius 2 is 1.72 bits per heavy atom. The van der Waals surface area contributed by atoms with Crippen molar-refractivity contribution in [1.29, 1.82) is 0 Å². The zero-order valence-electron chi connectivity index (χ0n) is 22.5. The number of carbonyl (C=O) groups is 1. The summed E-state index contributed by atoms with van der Waals surface area (Å²) in [6.45, 7) is 20.8. The highest BCUT2D eigenvalue weighted by Gasteiger charge is 2.67. The number of aliphatic hydroxyl groups is 1. The zero-order valence-corrected chi connectivity index (χ0v) is 23.5. The summed E-state index contributed by atoms with van der Waals surface area (Å²) in [5.74, 6) is 0.990. The van der Waals surface area contributed by atoms with E-state index in [4.69, 9.17) is 9.16 Å². The summed E-state index contributed by atoms with van der Waals surface area (Å²) in [7, 11) is -0.0636. The summed E-state index contributed by atoms with van der Waals surface area (Å²) >= 11 is 0. The van der Waals surface area contributed by atoms with Crippen molar-refractivity contribution in [3.05, 3.63) is 0 Å². The third kappa shape index (κ3) is 3.87. The number of carbonyl (C=O) groups excluding carboxylic acids is 1. The number of ketones is 1. The van der Waals surface area contributed by atoms with E-state index in [1.54, 1.807) is 0 Å². The van der Waals surface area contributed by atoms with Crippen LogP contribution in [-0.2, 0) is 14.0 Å². The van der Waals surface area contributed by atoms with E-state index in [1.165, 1.54) is 0 Å². The Morgan fingerprint density at radius 1 is 1.12 bits per heavy atom. The van der Waals surface area contributed by atoms with Gasteiger partial charge in [0, 0.05) is 30.5 Å². The van der Waals surface area contributed by atoms with Gasteiger partial charge in [-0.2, -0.15) is 0 Å². The van der Waals surface area contributed by atoms with Crippen LogP contribution in [0.5, 0.6) is 0 Å². The van der Waals surface area contributed by atoms with Gasteiger partial charge in [-0.1, -0.05) is 48.5 Å². The van der Waals surface area contributed by atoms with Crippen LogP contribution in [0.3, 0.4) is 0 Å². The minimum atomic E-state index is -1.88. The first-order valence-electron chi connectivity index (χ1n) is 13.0. The number of methoxy groups -OCH3 is 1. The van der Waals surface area contributed by atoms with Crippen LogP contribution < -0.4 is 0 Å². The van der Waals surface area contributed by atoms with Gasteiger partial charge in [0.05, 0.1) is 12.2 Å². The molecule has 3 aliphatic rings. The normalized spacial score (nSPS) is 45.3. The first-order valence-corrected chi connectivity index (χ1v) is 15.9. The molecule has 1 N–H and O–H groups in total. The van der Waals surface area contributed by atoms with Crippen molar-refractivity contribution in [2.45, 2.75) is 117 Å². The highest BCUT2D eigenvalue weighted by molar-refractivity contribution is 6.74. The summed E-state index contributed by atoms with van der Waals surface area (Å²) < 4.78 is 12.5. The van der Waals surface area contributed by atoms with E-state index in [0.717, 1.165) is 25.7 Å². The maximum atomic E-state index is 14.1. The number of Topliss-reactive ketones (excluding diaryl/α,β-unsaturated/α-hetero) is 1. The Bertz CT molecular complexity index is 715. The zero-order chi connectivity index (χ0) is 24.3.